The summed E-state index contributed by atoms with van der Waals surface area (Å²) in [5, 5.41) is 5.66. The van der Waals surface area contributed by atoms with Gasteiger partial charge in [0, 0.05) is 19.9 Å². The number of carbonyl (C=O) groups excluding carboxylic acids is 1. The monoisotopic (exact) mass is 367 g/mol. The summed E-state index contributed by atoms with van der Waals surface area (Å²) in [7, 11) is 0. The zero-order valence-electron chi connectivity index (χ0n) is 10.2. The van der Waals surface area contributed by atoms with Crippen LogP contribution in [-0.2, 0) is 6.54 Å². The molecule has 102 valence electrons. The number of nitrogen functional groups attached to an aromatic ring is 1. The van der Waals surface area contributed by atoms with Gasteiger partial charge in [-0.05, 0) is 12.1 Å². The second-order valence-corrected chi connectivity index (χ2v) is 6.83. The molecule has 3 aromatic rings. The van der Waals surface area contributed by atoms with Crippen LogP contribution in [0, 0.1) is 0 Å². The first-order valence-electron chi connectivity index (χ1n) is 5.78. The highest BCUT2D eigenvalue weighted by Crippen LogP contribution is 2.35. The van der Waals surface area contributed by atoms with Crippen molar-refractivity contribution in [2.45, 2.75) is 6.54 Å². The fourth-order valence-corrected chi connectivity index (χ4v) is 3.98. The zero-order chi connectivity index (χ0) is 14.1. The van der Waals surface area contributed by atoms with Gasteiger partial charge in [0.05, 0.1) is 23.4 Å². The number of hydrogen-bond acceptors (Lipinski definition) is 5. The number of hydrogen-bond donors (Lipinski definition) is 2. The van der Waals surface area contributed by atoms with Gasteiger partial charge in [-0.2, -0.15) is 0 Å². The van der Waals surface area contributed by atoms with Gasteiger partial charge in [-0.3, -0.25) is 4.79 Å². The predicted molar refractivity (Wildman–Crippen MR) is 87.2 cm³/mol. The van der Waals surface area contributed by atoms with Crippen LogP contribution in [0.2, 0.25) is 0 Å². The molecule has 0 bridgehead atoms. The lowest BCUT2D eigenvalue weighted by Gasteiger charge is -2.01. The molecule has 0 fully saturated rings. The average molecular weight is 368 g/mol. The average Bonchev–Trinajstić information content (AvgIpc) is 3.04. The van der Waals surface area contributed by atoms with Crippen LogP contribution in [0.4, 0.5) is 5.69 Å². The zero-order valence-corrected chi connectivity index (χ0v) is 13.4. The van der Waals surface area contributed by atoms with Gasteiger partial charge in [0.2, 0.25) is 0 Å². The molecule has 0 unspecified atom stereocenters. The molecule has 0 saturated heterocycles. The molecule has 0 aliphatic rings. The lowest BCUT2D eigenvalue weighted by atomic mass is 10.2. The van der Waals surface area contributed by atoms with Crippen molar-refractivity contribution in [2.24, 2.45) is 0 Å². The van der Waals surface area contributed by atoms with E-state index in [0.29, 0.717) is 17.1 Å². The number of nitrogens with zero attached hydrogens (tertiary/aromatic N) is 1. The van der Waals surface area contributed by atoms with Crippen LogP contribution in [0.25, 0.3) is 10.1 Å². The van der Waals surface area contributed by atoms with Crippen molar-refractivity contribution in [2.75, 3.05) is 5.73 Å². The summed E-state index contributed by atoms with van der Waals surface area (Å²) in [6.07, 6.45) is 0. The third kappa shape index (κ3) is 2.56. The van der Waals surface area contributed by atoms with Crippen LogP contribution in [0.5, 0.6) is 0 Å². The third-order valence-corrected chi connectivity index (χ3v) is 5.11. The van der Waals surface area contributed by atoms with Crippen molar-refractivity contribution in [1.82, 2.24) is 10.3 Å². The first kappa shape index (κ1) is 13.5. The van der Waals surface area contributed by atoms with Gasteiger partial charge in [0.1, 0.15) is 4.88 Å². The Morgan fingerprint density at radius 1 is 1.45 bits per heavy atom. The molecule has 3 N–H and O–H groups in total. The van der Waals surface area contributed by atoms with Gasteiger partial charge in [-0.1, -0.05) is 22.0 Å². The molecule has 0 radical (unpaired) electrons. The Hall–Kier alpha value is -1.44. The SMILES string of the molecule is Nc1c(C(=O)NCc2cscn2)sc2cc(Br)ccc12. The molecular formula is C13H10BrN3OS2. The summed E-state index contributed by atoms with van der Waals surface area (Å²) in [4.78, 5) is 16.9. The molecule has 0 aliphatic carbocycles. The van der Waals surface area contributed by atoms with Crippen molar-refractivity contribution >= 4 is 60.3 Å². The number of amides is 1. The van der Waals surface area contributed by atoms with E-state index in [0.717, 1.165) is 20.3 Å². The molecule has 1 amide bonds. The molecule has 4 nitrogen and oxygen atoms in total. The van der Waals surface area contributed by atoms with E-state index in [2.05, 4.69) is 26.2 Å². The molecule has 20 heavy (non-hydrogen) atoms. The lowest BCUT2D eigenvalue weighted by Crippen LogP contribution is -2.22. The molecule has 0 spiro atoms. The highest BCUT2D eigenvalue weighted by molar-refractivity contribution is 9.10. The van der Waals surface area contributed by atoms with Gasteiger partial charge in [0.25, 0.3) is 5.91 Å². The van der Waals surface area contributed by atoms with E-state index in [4.69, 9.17) is 5.73 Å². The fraction of sp³-hybridized carbons (Fsp3) is 0.0769. The number of benzene rings is 1. The normalized spacial score (nSPS) is 10.8. The molecular weight excluding hydrogens is 358 g/mol. The minimum absolute atomic E-state index is 0.159. The van der Waals surface area contributed by atoms with E-state index in [1.807, 2.05) is 23.6 Å². The van der Waals surface area contributed by atoms with Crippen LogP contribution < -0.4 is 11.1 Å². The Balaban J connectivity index is 1.85. The maximum absolute atomic E-state index is 12.2. The first-order chi connectivity index (χ1) is 9.65. The number of halogens is 1. The highest BCUT2D eigenvalue weighted by Gasteiger charge is 2.16. The van der Waals surface area contributed by atoms with E-state index in [1.54, 1.807) is 5.51 Å². The van der Waals surface area contributed by atoms with E-state index < -0.39 is 0 Å². The first-order valence-corrected chi connectivity index (χ1v) is 8.33. The standard InChI is InChI=1S/C13H10BrN3OS2/c14-7-1-2-9-10(3-7)20-12(11(9)15)13(18)16-4-8-5-19-6-17-8/h1-3,5-6H,4,15H2,(H,16,18). The summed E-state index contributed by atoms with van der Waals surface area (Å²) < 4.78 is 1.97. The number of carbonyl (C=O) groups is 1. The largest absolute Gasteiger partial charge is 0.397 e. The predicted octanol–water partition coefficient (Wildman–Crippen LogP) is 3.63. The van der Waals surface area contributed by atoms with Crippen molar-refractivity contribution in [3.63, 3.8) is 0 Å². The molecule has 0 atom stereocenters. The van der Waals surface area contributed by atoms with E-state index >= 15 is 0 Å². The van der Waals surface area contributed by atoms with E-state index in [-0.39, 0.29) is 5.91 Å². The Kier molecular flexibility index (Phi) is 3.73. The van der Waals surface area contributed by atoms with E-state index in [1.165, 1.54) is 22.7 Å². The molecule has 2 heterocycles. The van der Waals surface area contributed by atoms with Crippen LogP contribution >= 0.6 is 38.6 Å². The molecule has 2 aromatic heterocycles. The molecule has 7 heteroatoms. The maximum atomic E-state index is 12.2. The summed E-state index contributed by atoms with van der Waals surface area (Å²) in [5.41, 5.74) is 9.19. The number of aromatic nitrogens is 1. The van der Waals surface area contributed by atoms with Crippen molar-refractivity contribution in [3.05, 3.63) is 44.1 Å². The maximum Gasteiger partial charge on any atom is 0.263 e. The Labute approximate surface area is 131 Å². The summed E-state index contributed by atoms with van der Waals surface area (Å²) in [6, 6.07) is 5.80. The van der Waals surface area contributed by atoms with Crippen molar-refractivity contribution in [1.29, 1.82) is 0 Å². The van der Waals surface area contributed by atoms with E-state index in [9.17, 15) is 4.79 Å². The topological polar surface area (TPSA) is 68.0 Å². The fourth-order valence-electron chi connectivity index (χ4n) is 1.83. The van der Waals surface area contributed by atoms with Crippen molar-refractivity contribution in [3.8, 4) is 0 Å². The molecule has 3 rings (SSSR count). The minimum atomic E-state index is -0.159. The quantitative estimate of drug-likeness (QED) is 0.742. The number of thiophene rings is 1. The second-order valence-electron chi connectivity index (χ2n) is 4.15. The third-order valence-electron chi connectivity index (χ3n) is 2.81. The number of thiazole rings is 1. The summed E-state index contributed by atoms with van der Waals surface area (Å²) >= 11 is 6.32. The van der Waals surface area contributed by atoms with Crippen LogP contribution in [0.1, 0.15) is 15.4 Å². The molecule has 0 aliphatic heterocycles. The highest BCUT2D eigenvalue weighted by atomic mass is 79.9. The van der Waals surface area contributed by atoms with Crippen LogP contribution in [0.3, 0.4) is 0 Å². The minimum Gasteiger partial charge on any atom is -0.397 e. The molecule has 0 saturated carbocycles. The number of nitrogens with one attached hydrogen (secondary N) is 1. The Bertz CT molecular complexity index is 767. The lowest BCUT2D eigenvalue weighted by molar-refractivity contribution is 0.0955. The molecule has 1 aromatic carbocycles. The summed E-state index contributed by atoms with van der Waals surface area (Å²) in [6.45, 7) is 0.416. The second kappa shape index (κ2) is 5.51. The number of nitrogens with two attached hydrogens (primary N) is 1. The Morgan fingerprint density at radius 3 is 3.05 bits per heavy atom. The van der Waals surface area contributed by atoms with Gasteiger partial charge >= 0.3 is 0 Å². The number of rotatable bonds is 3. The van der Waals surface area contributed by atoms with Gasteiger partial charge in [0.15, 0.2) is 0 Å². The number of fused-ring (bicyclic) bond motifs is 1. The van der Waals surface area contributed by atoms with Gasteiger partial charge < -0.3 is 11.1 Å². The van der Waals surface area contributed by atoms with Crippen LogP contribution in [-0.4, -0.2) is 10.9 Å². The Morgan fingerprint density at radius 2 is 2.30 bits per heavy atom. The smallest absolute Gasteiger partial charge is 0.263 e. The van der Waals surface area contributed by atoms with Gasteiger partial charge in [-0.25, -0.2) is 4.98 Å². The van der Waals surface area contributed by atoms with Crippen LogP contribution in [0.15, 0.2) is 33.6 Å². The van der Waals surface area contributed by atoms with Crippen molar-refractivity contribution < 1.29 is 4.79 Å². The summed E-state index contributed by atoms with van der Waals surface area (Å²) in [5.74, 6) is -0.159. The number of anilines is 1. The van der Waals surface area contributed by atoms with Gasteiger partial charge in [-0.15, -0.1) is 22.7 Å².